The van der Waals surface area contributed by atoms with E-state index >= 15 is 0 Å². The minimum absolute atomic E-state index is 0.131. The van der Waals surface area contributed by atoms with Gasteiger partial charge in [0.25, 0.3) is 0 Å². The Morgan fingerprint density at radius 3 is 2.53 bits per heavy atom. The van der Waals surface area contributed by atoms with Gasteiger partial charge >= 0.3 is 5.97 Å². The second-order valence-electron chi connectivity index (χ2n) is 4.96. The fourth-order valence-corrected chi connectivity index (χ4v) is 1.94. The highest BCUT2D eigenvalue weighted by Crippen LogP contribution is 2.12. The van der Waals surface area contributed by atoms with Crippen LogP contribution in [-0.2, 0) is 20.7 Å². The van der Waals surface area contributed by atoms with Crippen LogP contribution in [0.2, 0.25) is 0 Å². The summed E-state index contributed by atoms with van der Waals surface area (Å²) >= 11 is 0. The van der Waals surface area contributed by atoms with Crippen LogP contribution in [0.4, 0.5) is 0 Å². The van der Waals surface area contributed by atoms with Gasteiger partial charge in [-0.3, -0.25) is 4.79 Å². The number of Topliss-reactive ketones (excluding diaryl/α,β-unsaturated/α-hetero) is 1. The highest BCUT2D eigenvalue weighted by Gasteiger charge is 2.06. The lowest BCUT2D eigenvalue weighted by atomic mass is 10.0. The molecule has 0 aliphatic carbocycles. The number of hydrogen-bond donors (Lipinski definition) is 0. The molecule has 0 radical (unpaired) electrons. The minimum Gasteiger partial charge on any atom is -0.466 e. The number of aryl methyl sites for hydroxylation is 3. The van der Waals surface area contributed by atoms with Crippen LogP contribution >= 0.6 is 0 Å². The summed E-state index contributed by atoms with van der Waals surface area (Å²) in [6.07, 6.45) is 2.19. The summed E-state index contributed by atoms with van der Waals surface area (Å²) in [5, 5.41) is 0. The third-order valence-electron chi connectivity index (χ3n) is 3.03. The van der Waals surface area contributed by atoms with Crippen LogP contribution in [0.25, 0.3) is 0 Å². The molecule has 1 aromatic rings. The molecular weight excluding hydrogens is 240 g/mol. The molecule has 0 unspecified atom stereocenters. The van der Waals surface area contributed by atoms with Gasteiger partial charge in [-0.05, 0) is 44.7 Å². The van der Waals surface area contributed by atoms with Crippen molar-refractivity contribution in [1.82, 2.24) is 0 Å². The molecule has 0 aliphatic rings. The second-order valence-corrected chi connectivity index (χ2v) is 4.96. The van der Waals surface area contributed by atoms with Crippen LogP contribution in [0.5, 0.6) is 0 Å². The van der Waals surface area contributed by atoms with Gasteiger partial charge in [0.15, 0.2) is 0 Å². The zero-order valence-corrected chi connectivity index (χ0v) is 12.0. The lowest BCUT2D eigenvalue weighted by Crippen LogP contribution is -2.08. The number of hydrogen-bond acceptors (Lipinski definition) is 3. The van der Waals surface area contributed by atoms with Crippen molar-refractivity contribution in [3.63, 3.8) is 0 Å². The van der Waals surface area contributed by atoms with Crippen molar-refractivity contribution in [3.8, 4) is 0 Å². The summed E-state index contributed by atoms with van der Waals surface area (Å²) in [6, 6.07) is 6.24. The monoisotopic (exact) mass is 262 g/mol. The maximum atomic E-state index is 11.5. The first-order chi connectivity index (χ1) is 8.99. The predicted octanol–water partition coefficient (Wildman–Crippen LogP) is 3.15. The van der Waals surface area contributed by atoms with E-state index < -0.39 is 0 Å². The maximum absolute atomic E-state index is 11.5. The number of esters is 1. The maximum Gasteiger partial charge on any atom is 0.306 e. The summed E-state index contributed by atoms with van der Waals surface area (Å²) in [7, 11) is 0. The van der Waals surface area contributed by atoms with Gasteiger partial charge in [-0.2, -0.15) is 0 Å². The lowest BCUT2D eigenvalue weighted by Gasteiger charge is -2.07. The van der Waals surface area contributed by atoms with Crippen molar-refractivity contribution in [2.75, 3.05) is 6.61 Å². The zero-order valence-electron chi connectivity index (χ0n) is 12.0. The molecule has 104 valence electrons. The van der Waals surface area contributed by atoms with Crippen LogP contribution in [0.3, 0.4) is 0 Å². The first kappa shape index (κ1) is 15.4. The summed E-state index contributed by atoms with van der Waals surface area (Å²) in [5.74, 6) is -0.0603. The third-order valence-corrected chi connectivity index (χ3v) is 3.03. The first-order valence-electron chi connectivity index (χ1n) is 6.70. The predicted molar refractivity (Wildman–Crippen MR) is 75.1 cm³/mol. The summed E-state index contributed by atoms with van der Waals surface area (Å²) in [6.45, 7) is 5.99. The molecule has 0 saturated heterocycles. The number of ether oxygens (including phenoxy) is 1. The van der Waals surface area contributed by atoms with Gasteiger partial charge in [-0.15, -0.1) is 0 Å². The van der Waals surface area contributed by atoms with E-state index in [9.17, 15) is 9.59 Å². The second kappa shape index (κ2) is 7.72. The van der Waals surface area contributed by atoms with E-state index in [0.29, 0.717) is 32.3 Å². The fourth-order valence-electron chi connectivity index (χ4n) is 1.94. The number of ketones is 1. The van der Waals surface area contributed by atoms with Crippen LogP contribution in [0.15, 0.2) is 18.2 Å². The van der Waals surface area contributed by atoms with Gasteiger partial charge < -0.3 is 9.53 Å². The van der Waals surface area contributed by atoms with Crippen LogP contribution in [0.1, 0.15) is 42.9 Å². The third kappa shape index (κ3) is 6.18. The van der Waals surface area contributed by atoms with Crippen molar-refractivity contribution in [3.05, 3.63) is 34.9 Å². The van der Waals surface area contributed by atoms with Crippen LogP contribution in [0, 0.1) is 13.8 Å². The molecular formula is C16H22O3. The molecule has 0 fully saturated rings. The Balaban J connectivity index is 2.28. The van der Waals surface area contributed by atoms with Gasteiger partial charge in [-0.25, -0.2) is 0 Å². The van der Waals surface area contributed by atoms with Gasteiger partial charge in [0.2, 0.25) is 0 Å². The number of rotatable bonds is 7. The van der Waals surface area contributed by atoms with Crippen molar-refractivity contribution >= 4 is 11.8 Å². The topological polar surface area (TPSA) is 43.4 Å². The van der Waals surface area contributed by atoms with Gasteiger partial charge in [-0.1, -0.05) is 23.8 Å². The molecule has 0 aromatic heterocycles. The Morgan fingerprint density at radius 2 is 1.89 bits per heavy atom. The standard InChI is InChI=1S/C16H22O3/c1-12-6-7-15(13(2)11-12)8-9-16(18)19-10-4-5-14(3)17/h6-7,11H,4-5,8-10H2,1-3H3. The van der Waals surface area contributed by atoms with E-state index in [-0.39, 0.29) is 11.8 Å². The Kier molecular flexibility index (Phi) is 6.26. The van der Waals surface area contributed by atoms with Gasteiger partial charge in [0, 0.05) is 12.8 Å². The molecule has 0 spiro atoms. The Hall–Kier alpha value is -1.64. The van der Waals surface area contributed by atoms with Gasteiger partial charge in [0.05, 0.1) is 6.61 Å². The van der Waals surface area contributed by atoms with E-state index in [2.05, 4.69) is 32.0 Å². The molecule has 0 atom stereocenters. The fraction of sp³-hybridized carbons (Fsp3) is 0.500. The summed E-state index contributed by atoms with van der Waals surface area (Å²) in [4.78, 5) is 22.3. The summed E-state index contributed by atoms with van der Waals surface area (Å²) in [5.41, 5.74) is 3.63. The van der Waals surface area contributed by atoms with Crippen LogP contribution in [-0.4, -0.2) is 18.4 Å². The molecule has 19 heavy (non-hydrogen) atoms. The van der Waals surface area contributed by atoms with Gasteiger partial charge in [0.1, 0.15) is 5.78 Å². The minimum atomic E-state index is -0.191. The Bertz CT molecular complexity index is 449. The van der Waals surface area contributed by atoms with E-state index in [0.717, 1.165) is 0 Å². The van der Waals surface area contributed by atoms with Crippen molar-refractivity contribution in [1.29, 1.82) is 0 Å². The smallest absolute Gasteiger partial charge is 0.306 e. The van der Waals surface area contributed by atoms with Crippen LogP contribution < -0.4 is 0 Å². The molecule has 1 rings (SSSR count). The van der Waals surface area contributed by atoms with E-state index in [4.69, 9.17) is 4.74 Å². The first-order valence-corrected chi connectivity index (χ1v) is 6.70. The molecule has 0 bridgehead atoms. The quantitative estimate of drug-likeness (QED) is 0.560. The molecule has 0 heterocycles. The Labute approximate surface area is 115 Å². The highest BCUT2D eigenvalue weighted by atomic mass is 16.5. The number of carbonyl (C=O) groups is 2. The average molecular weight is 262 g/mol. The molecule has 0 N–H and O–H groups in total. The van der Waals surface area contributed by atoms with Crippen molar-refractivity contribution in [2.45, 2.75) is 46.5 Å². The van der Waals surface area contributed by atoms with Crippen molar-refractivity contribution in [2.24, 2.45) is 0 Å². The van der Waals surface area contributed by atoms with E-state index in [1.165, 1.54) is 16.7 Å². The van der Waals surface area contributed by atoms with Crippen molar-refractivity contribution < 1.29 is 14.3 Å². The molecule has 0 amide bonds. The summed E-state index contributed by atoms with van der Waals surface area (Å²) < 4.78 is 5.09. The number of benzene rings is 1. The average Bonchev–Trinajstić information content (AvgIpc) is 2.33. The molecule has 1 aromatic carbocycles. The molecule has 0 saturated carbocycles. The molecule has 0 aliphatic heterocycles. The zero-order chi connectivity index (χ0) is 14.3. The normalized spacial score (nSPS) is 10.3. The number of carbonyl (C=O) groups excluding carboxylic acids is 2. The Morgan fingerprint density at radius 1 is 1.16 bits per heavy atom. The largest absolute Gasteiger partial charge is 0.466 e. The lowest BCUT2D eigenvalue weighted by molar-refractivity contribution is -0.144. The highest BCUT2D eigenvalue weighted by molar-refractivity contribution is 5.75. The molecule has 3 heteroatoms. The van der Waals surface area contributed by atoms with E-state index in [1.54, 1.807) is 6.92 Å². The van der Waals surface area contributed by atoms with E-state index in [1.807, 2.05) is 0 Å². The molecule has 3 nitrogen and oxygen atoms in total. The SMILES string of the molecule is CC(=O)CCCOC(=O)CCc1ccc(C)cc1C.